The van der Waals surface area contributed by atoms with Gasteiger partial charge in [-0.15, -0.1) is 0 Å². The maximum absolute atomic E-state index is 7.31. The zero-order valence-electron chi connectivity index (χ0n) is 19.6. The van der Waals surface area contributed by atoms with Crippen LogP contribution in [0.1, 0.15) is 36.0 Å². The van der Waals surface area contributed by atoms with Crippen LogP contribution in [0.15, 0.2) is 115 Å². The van der Waals surface area contributed by atoms with Crippen molar-refractivity contribution < 1.29 is 4.12 Å². The van der Waals surface area contributed by atoms with E-state index in [9.17, 15) is 0 Å². The van der Waals surface area contributed by atoms with Gasteiger partial charge in [-0.1, -0.05) is 115 Å². The van der Waals surface area contributed by atoms with Crippen LogP contribution in [0.3, 0.4) is 0 Å². The highest BCUT2D eigenvalue weighted by atomic mass is 28.4. The third kappa shape index (κ3) is 3.82. The summed E-state index contributed by atoms with van der Waals surface area (Å²) in [7, 11) is -2.34. The van der Waals surface area contributed by atoms with Crippen molar-refractivity contribution in [2.45, 2.75) is 42.4 Å². The minimum Gasteiger partial charge on any atom is -0.455 e. The van der Waals surface area contributed by atoms with Crippen molar-refractivity contribution in [3.05, 3.63) is 132 Å². The Morgan fingerprint density at radius 2 is 1.21 bits per heavy atom. The Balaban J connectivity index is 1.68. The first kappa shape index (κ1) is 22.3. The highest BCUT2D eigenvalue weighted by Crippen LogP contribution is 2.51. The van der Waals surface area contributed by atoms with E-state index in [2.05, 4.69) is 128 Å². The molecular weight excluding hydrogens is 433 g/mol. The minimum atomic E-state index is -1.19. The van der Waals surface area contributed by atoms with Gasteiger partial charge in [-0.05, 0) is 55.0 Å². The molecule has 0 bridgehead atoms. The molecule has 2 atom stereocenters. The van der Waals surface area contributed by atoms with Crippen molar-refractivity contribution in [1.29, 1.82) is 0 Å². The second-order valence-electron chi connectivity index (χ2n) is 9.34. The van der Waals surface area contributed by atoms with E-state index in [1.165, 1.54) is 16.7 Å². The molecule has 1 aliphatic heterocycles. The Morgan fingerprint density at radius 3 is 1.73 bits per heavy atom. The number of benzene rings is 3. The summed E-state index contributed by atoms with van der Waals surface area (Å²) >= 11 is 0. The van der Waals surface area contributed by atoms with E-state index in [0.29, 0.717) is 5.92 Å². The van der Waals surface area contributed by atoms with Crippen LogP contribution in [0.5, 0.6) is 0 Å². The van der Waals surface area contributed by atoms with Crippen LogP contribution in [0.25, 0.3) is 0 Å². The lowest BCUT2D eigenvalue weighted by Crippen LogP contribution is -2.50. The SMILES string of the molecule is C[Si]1O[Si](C)C(c2ccccc2)(C2C=CC=CC2)CCC1(c1ccccc1)c1ccccc1. The molecule has 1 aliphatic carbocycles. The molecule has 0 N–H and O–H groups in total. The molecule has 33 heavy (non-hydrogen) atoms. The normalized spacial score (nSPS) is 25.6. The molecule has 0 aromatic heterocycles. The van der Waals surface area contributed by atoms with E-state index in [4.69, 9.17) is 4.12 Å². The summed E-state index contributed by atoms with van der Waals surface area (Å²) < 4.78 is 7.31. The molecule has 5 rings (SSSR count). The first-order valence-electron chi connectivity index (χ1n) is 12.0. The first-order chi connectivity index (χ1) is 16.2. The molecule has 0 amide bonds. The average Bonchev–Trinajstić information content (AvgIpc) is 3.00. The molecular formula is C30H32OSi2. The number of allylic oxidation sites excluding steroid dienone is 4. The Hall–Kier alpha value is -2.47. The van der Waals surface area contributed by atoms with Gasteiger partial charge in [0, 0.05) is 10.1 Å². The molecule has 166 valence electrons. The van der Waals surface area contributed by atoms with Gasteiger partial charge in [0.1, 0.15) is 0 Å². The van der Waals surface area contributed by atoms with Gasteiger partial charge in [-0.3, -0.25) is 0 Å². The van der Waals surface area contributed by atoms with E-state index in [1.54, 1.807) is 0 Å². The lowest BCUT2D eigenvalue weighted by atomic mass is 9.75. The van der Waals surface area contributed by atoms with Crippen molar-refractivity contribution in [1.82, 2.24) is 0 Å². The van der Waals surface area contributed by atoms with E-state index < -0.39 is 18.1 Å². The summed E-state index contributed by atoms with van der Waals surface area (Å²) in [5, 5.41) is -0.0196. The lowest BCUT2D eigenvalue weighted by Gasteiger charge is -2.43. The highest BCUT2D eigenvalue weighted by molar-refractivity contribution is 6.69. The number of hydrogen-bond donors (Lipinski definition) is 0. The molecule has 3 heteroatoms. The molecule has 1 nitrogen and oxygen atoms in total. The van der Waals surface area contributed by atoms with Crippen LogP contribution < -0.4 is 0 Å². The molecule has 1 saturated heterocycles. The zero-order valence-corrected chi connectivity index (χ0v) is 21.6. The lowest BCUT2D eigenvalue weighted by molar-refractivity contribution is 0.368. The van der Waals surface area contributed by atoms with Gasteiger partial charge in [-0.25, -0.2) is 0 Å². The third-order valence-electron chi connectivity index (χ3n) is 7.87. The standard InChI is InChI=1S/C30H32OSi2/c1-32-29(25-15-7-3-8-16-25,26-17-9-4-10-18-26)23-24-30(33(2)31-32,27-19-11-5-12-20-27)28-21-13-6-14-22-28/h3-21,28H,22-24H2,1-2H3. The second-order valence-corrected chi connectivity index (χ2v) is 14.1. The van der Waals surface area contributed by atoms with Gasteiger partial charge in [0.15, 0.2) is 0 Å². The molecule has 0 saturated carbocycles. The monoisotopic (exact) mass is 464 g/mol. The van der Waals surface area contributed by atoms with Gasteiger partial charge in [0.2, 0.25) is 18.1 Å². The summed E-state index contributed by atoms with van der Waals surface area (Å²) in [6, 6.07) is 33.6. The van der Waals surface area contributed by atoms with E-state index in [-0.39, 0.29) is 10.1 Å². The van der Waals surface area contributed by atoms with Crippen molar-refractivity contribution in [3.63, 3.8) is 0 Å². The fourth-order valence-electron chi connectivity index (χ4n) is 6.14. The highest BCUT2D eigenvalue weighted by Gasteiger charge is 2.54. The van der Waals surface area contributed by atoms with Crippen molar-refractivity contribution >= 4 is 18.1 Å². The van der Waals surface area contributed by atoms with Crippen LogP contribution in [0.2, 0.25) is 13.1 Å². The minimum absolute atomic E-state index is 0.0461. The Labute approximate surface area is 202 Å². The maximum Gasteiger partial charge on any atom is 0.210 e. The molecule has 3 aromatic carbocycles. The van der Waals surface area contributed by atoms with Crippen LogP contribution in [-0.2, 0) is 14.2 Å². The Morgan fingerprint density at radius 1 is 0.667 bits per heavy atom. The summed E-state index contributed by atoms with van der Waals surface area (Å²) in [5.74, 6) is 0.473. The van der Waals surface area contributed by atoms with Crippen molar-refractivity contribution in [2.24, 2.45) is 5.92 Å². The largest absolute Gasteiger partial charge is 0.455 e. The maximum atomic E-state index is 7.31. The Bertz CT molecular complexity index is 1070. The van der Waals surface area contributed by atoms with Gasteiger partial charge < -0.3 is 4.12 Å². The van der Waals surface area contributed by atoms with E-state index in [0.717, 1.165) is 19.3 Å². The van der Waals surface area contributed by atoms with Crippen LogP contribution in [-0.4, -0.2) is 18.1 Å². The molecule has 2 radical (unpaired) electrons. The molecule has 2 aliphatic rings. The molecule has 1 heterocycles. The van der Waals surface area contributed by atoms with Crippen LogP contribution in [0.4, 0.5) is 0 Å². The average molecular weight is 465 g/mol. The summed E-state index contributed by atoms with van der Waals surface area (Å²) in [6.45, 7) is 4.85. The van der Waals surface area contributed by atoms with Gasteiger partial charge in [-0.2, -0.15) is 0 Å². The fraction of sp³-hybridized carbons (Fsp3) is 0.267. The predicted octanol–water partition coefficient (Wildman–Crippen LogP) is 7.17. The molecule has 1 fully saturated rings. The molecule has 3 aromatic rings. The van der Waals surface area contributed by atoms with Gasteiger partial charge in [0.25, 0.3) is 0 Å². The van der Waals surface area contributed by atoms with Gasteiger partial charge in [0.05, 0.1) is 0 Å². The first-order valence-corrected chi connectivity index (χ1v) is 15.9. The molecule has 0 spiro atoms. The summed E-state index contributed by atoms with van der Waals surface area (Å²) in [5.41, 5.74) is 4.27. The Kier molecular flexibility index (Phi) is 6.37. The van der Waals surface area contributed by atoms with Gasteiger partial charge >= 0.3 is 0 Å². The van der Waals surface area contributed by atoms with Crippen molar-refractivity contribution in [3.8, 4) is 0 Å². The molecule has 2 unspecified atom stereocenters. The van der Waals surface area contributed by atoms with Crippen LogP contribution in [0, 0.1) is 5.92 Å². The summed E-state index contributed by atoms with van der Waals surface area (Å²) in [4.78, 5) is 0. The predicted molar refractivity (Wildman–Crippen MR) is 142 cm³/mol. The summed E-state index contributed by atoms with van der Waals surface area (Å²) in [6.07, 6.45) is 12.6. The topological polar surface area (TPSA) is 9.23 Å². The van der Waals surface area contributed by atoms with E-state index >= 15 is 0 Å². The number of rotatable bonds is 4. The number of hydrogen-bond acceptors (Lipinski definition) is 1. The third-order valence-corrected chi connectivity index (χ3v) is 14.5. The second kappa shape index (κ2) is 9.42. The smallest absolute Gasteiger partial charge is 0.210 e. The van der Waals surface area contributed by atoms with E-state index in [1.807, 2.05) is 0 Å². The fourth-order valence-corrected chi connectivity index (χ4v) is 12.8. The van der Waals surface area contributed by atoms with Crippen molar-refractivity contribution in [2.75, 3.05) is 0 Å². The zero-order chi connectivity index (χ0) is 22.7. The quantitative estimate of drug-likeness (QED) is 0.372. The van der Waals surface area contributed by atoms with Crippen LogP contribution >= 0.6 is 0 Å².